The second-order valence-electron chi connectivity index (χ2n) is 8.94. The summed E-state index contributed by atoms with van der Waals surface area (Å²) in [5.41, 5.74) is 1.45. The van der Waals surface area contributed by atoms with Crippen molar-refractivity contribution >= 4 is 23.2 Å². The Morgan fingerprint density at radius 3 is 2.56 bits per heavy atom. The minimum absolute atomic E-state index is 0.104. The average molecular weight is 471 g/mol. The Hall–Kier alpha value is -2.97. The quantitative estimate of drug-likeness (QED) is 0.405. The highest BCUT2D eigenvalue weighted by Gasteiger charge is 2.29. The van der Waals surface area contributed by atoms with Crippen LogP contribution in [0.15, 0.2) is 42.5 Å². The first-order chi connectivity index (χ1) is 16.3. The fourth-order valence-electron chi connectivity index (χ4n) is 4.08. The SMILES string of the molecule is CCNc1cc(C(=O)NC(Cc2ccccc2)C(O)CNC(C)C)c(F)c(N2CCCC2=O)c1. The Balaban J connectivity index is 1.89. The second kappa shape index (κ2) is 11.9. The van der Waals surface area contributed by atoms with Gasteiger partial charge in [-0.3, -0.25) is 9.59 Å². The third kappa shape index (κ3) is 6.55. The molecule has 2 aromatic carbocycles. The van der Waals surface area contributed by atoms with Gasteiger partial charge in [0, 0.05) is 37.8 Å². The van der Waals surface area contributed by atoms with Gasteiger partial charge in [-0.1, -0.05) is 44.2 Å². The molecule has 1 fully saturated rings. The number of halogens is 1. The van der Waals surface area contributed by atoms with E-state index in [0.29, 0.717) is 38.0 Å². The standard InChI is InChI=1S/C26H35FN4O3/c1-4-28-19-14-20(25(27)22(15-19)31-12-8-11-24(31)33)26(34)30-21(23(32)16-29-17(2)3)13-18-9-6-5-7-10-18/h5-7,9-10,14-15,17,21,23,28-29,32H,4,8,11-13,16H2,1-3H3,(H,30,34). The van der Waals surface area contributed by atoms with E-state index in [1.54, 1.807) is 6.07 Å². The highest BCUT2D eigenvalue weighted by Crippen LogP contribution is 2.30. The molecule has 1 aliphatic rings. The first kappa shape index (κ1) is 25.6. The molecule has 0 bridgehead atoms. The van der Waals surface area contributed by atoms with Crippen molar-refractivity contribution in [1.82, 2.24) is 10.6 Å². The lowest BCUT2D eigenvalue weighted by molar-refractivity contribution is -0.117. The van der Waals surface area contributed by atoms with Crippen LogP contribution in [0.4, 0.5) is 15.8 Å². The summed E-state index contributed by atoms with van der Waals surface area (Å²) >= 11 is 0. The van der Waals surface area contributed by atoms with Gasteiger partial charge >= 0.3 is 0 Å². The number of carbonyl (C=O) groups is 2. The molecule has 8 heteroatoms. The number of nitrogens with zero attached hydrogens (tertiary/aromatic N) is 1. The fraction of sp³-hybridized carbons (Fsp3) is 0.462. The van der Waals surface area contributed by atoms with E-state index >= 15 is 4.39 Å². The number of hydrogen-bond donors (Lipinski definition) is 4. The predicted octanol–water partition coefficient (Wildman–Crippen LogP) is 3.08. The number of nitrogens with one attached hydrogen (secondary N) is 3. The highest BCUT2D eigenvalue weighted by molar-refractivity contribution is 6.00. The predicted molar refractivity (Wildman–Crippen MR) is 133 cm³/mol. The lowest BCUT2D eigenvalue weighted by Gasteiger charge is -2.26. The minimum atomic E-state index is -0.883. The maximum Gasteiger partial charge on any atom is 0.254 e. The average Bonchev–Trinajstić information content (AvgIpc) is 3.24. The van der Waals surface area contributed by atoms with Crippen LogP contribution in [-0.4, -0.2) is 54.7 Å². The summed E-state index contributed by atoms with van der Waals surface area (Å²) in [5, 5.41) is 20.0. The monoisotopic (exact) mass is 470 g/mol. The van der Waals surface area contributed by atoms with E-state index in [9.17, 15) is 14.7 Å². The van der Waals surface area contributed by atoms with E-state index in [2.05, 4.69) is 16.0 Å². The van der Waals surface area contributed by atoms with Crippen LogP contribution in [0.25, 0.3) is 0 Å². The molecule has 0 aromatic heterocycles. The van der Waals surface area contributed by atoms with Gasteiger partial charge in [0.1, 0.15) is 0 Å². The van der Waals surface area contributed by atoms with E-state index in [1.807, 2.05) is 51.1 Å². The maximum atomic E-state index is 15.5. The third-order valence-corrected chi connectivity index (χ3v) is 5.86. The second-order valence-corrected chi connectivity index (χ2v) is 8.94. The summed E-state index contributed by atoms with van der Waals surface area (Å²) < 4.78 is 15.5. The summed E-state index contributed by atoms with van der Waals surface area (Å²) in [7, 11) is 0. The normalized spacial score (nSPS) is 15.5. The molecule has 2 aromatic rings. The van der Waals surface area contributed by atoms with Crippen molar-refractivity contribution in [2.75, 3.05) is 29.9 Å². The zero-order valence-corrected chi connectivity index (χ0v) is 20.1. The van der Waals surface area contributed by atoms with Gasteiger partial charge in [-0.25, -0.2) is 4.39 Å². The molecular weight excluding hydrogens is 435 g/mol. The zero-order valence-electron chi connectivity index (χ0n) is 20.1. The van der Waals surface area contributed by atoms with Gasteiger partial charge in [-0.2, -0.15) is 0 Å². The maximum absolute atomic E-state index is 15.5. The number of rotatable bonds is 11. The van der Waals surface area contributed by atoms with Crippen molar-refractivity contribution in [2.24, 2.45) is 0 Å². The molecule has 34 heavy (non-hydrogen) atoms. The first-order valence-electron chi connectivity index (χ1n) is 11.9. The summed E-state index contributed by atoms with van der Waals surface area (Å²) in [6.07, 6.45) is 0.519. The van der Waals surface area contributed by atoms with Crippen LogP contribution in [0.2, 0.25) is 0 Å². The minimum Gasteiger partial charge on any atom is -0.390 e. The lowest BCUT2D eigenvalue weighted by atomic mass is 10.00. The smallest absolute Gasteiger partial charge is 0.254 e. The Bertz CT molecular complexity index is 984. The summed E-state index contributed by atoms with van der Waals surface area (Å²) in [5.74, 6) is -1.52. The van der Waals surface area contributed by atoms with Crippen molar-refractivity contribution in [1.29, 1.82) is 0 Å². The van der Waals surface area contributed by atoms with Gasteiger partial charge in [0.25, 0.3) is 5.91 Å². The van der Waals surface area contributed by atoms with Crippen molar-refractivity contribution < 1.29 is 19.1 Å². The summed E-state index contributed by atoms with van der Waals surface area (Å²) in [6, 6.07) is 12.1. The number of amides is 2. The number of carbonyl (C=O) groups excluding carboxylic acids is 2. The molecule has 2 amide bonds. The van der Waals surface area contributed by atoms with Gasteiger partial charge in [-0.15, -0.1) is 0 Å². The number of benzene rings is 2. The van der Waals surface area contributed by atoms with Crippen molar-refractivity contribution in [2.45, 2.75) is 58.2 Å². The number of hydrogen-bond acceptors (Lipinski definition) is 5. The van der Waals surface area contributed by atoms with Crippen LogP contribution in [0.5, 0.6) is 0 Å². The van der Waals surface area contributed by atoms with Crippen LogP contribution in [0.1, 0.15) is 49.5 Å². The van der Waals surface area contributed by atoms with Gasteiger partial charge < -0.3 is 26.0 Å². The van der Waals surface area contributed by atoms with Crippen molar-refractivity contribution in [3.63, 3.8) is 0 Å². The van der Waals surface area contributed by atoms with E-state index in [4.69, 9.17) is 0 Å². The number of aliphatic hydroxyl groups excluding tert-OH is 1. The molecule has 1 saturated heterocycles. The molecule has 0 radical (unpaired) electrons. The van der Waals surface area contributed by atoms with Crippen molar-refractivity contribution in [3.8, 4) is 0 Å². The van der Waals surface area contributed by atoms with Gasteiger partial charge in [-0.05, 0) is 37.5 Å². The third-order valence-electron chi connectivity index (χ3n) is 5.86. The molecule has 0 saturated carbocycles. The van der Waals surface area contributed by atoms with Gasteiger partial charge in [0.2, 0.25) is 5.91 Å². The van der Waals surface area contributed by atoms with Crippen LogP contribution in [0.3, 0.4) is 0 Å². The Morgan fingerprint density at radius 2 is 1.94 bits per heavy atom. The molecule has 1 aliphatic heterocycles. The van der Waals surface area contributed by atoms with Gasteiger partial charge in [0.15, 0.2) is 5.82 Å². The van der Waals surface area contributed by atoms with Crippen LogP contribution >= 0.6 is 0 Å². The van der Waals surface area contributed by atoms with Crippen LogP contribution in [-0.2, 0) is 11.2 Å². The summed E-state index contributed by atoms with van der Waals surface area (Å²) in [4.78, 5) is 27.0. The van der Waals surface area contributed by atoms with Crippen LogP contribution in [0, 0.1) is 5.82 Å². The van der Waals surface area contributed by atoms with Gasteiger partial charge in [0.05, 0.1) is 23.4 Å². The number of anilines is 2. The number of aliphatic hydroxyl groups is 1. The molecular formula is C26H35FN4O3. The lowest BCUT2D eigenvalue weighted by Crippen LogP contribution is -2.49. The Morgan fingerprint density at radius 1 is 1.21 bits per heavy atom. The topological polar surface area (TPSA) is 93.7 Å². The molecule has 184 valence electrons. The zero-order chi connectivity index (χ0) is 24.7. The molecule has 0 aliphatic carbocycles. The Labute approximate surface area is 200 Å². The Kier molecular flexibility index (Phi) is 9.01. The molecule has 1 heterocycles. The molecule has 2 unspecified atom stereocenters. The largest absolute Gasteiger partial charge is 0.390 e. The van der Waals surface area contributed by atoms with E-state index in [1.165, 1.54) is 11.0 Å². The first-order valence-corrected chi connectivity index (χ1v) is 11.9. The highest BCUT2D eigenvalue weighted by atomic mass is 19.1. The van der Waals surface area contributed by atoms with E-state index in [-0.39, 0.29) is 29.7 Å². The fourth-order valence-corrected chi connectivity index (χ4v) is 4.08. The van der Waals surface area contributed by atoms with Crippen LogP contribution < -0.4 is 20.9 Å². The van der Waals surface area contributed by atoms with Crippen molar-refractivity contribution in [3.05, 3.63) is 59.4 Å². The van der Waals surface area contributed by atoms with E-state index < -0.39 is 23.9 Å². The molecule has 2 atom stereocenters. The summed E-state index contributed by atoms with van der Waals surface area (Å²) in [6.45, 7) is 7.13. The molecule has 3 rings (SSSR count). The molecule has 4 N–H and O–H groups in total. The molecule has 0 spiro atoms. The molecule has 7 nitrogen and oxygen atoms in total. The van der Waals surface area contributed by atoms with E-state index in [0.717, 1.165) is 5.56 Å².